The number of nitriles is 1. The summed E-state index contributed by atoms with van der Waals surface area (Å²) < 4.78 is 2.06. The van der Waals surface area contributed by atoms with Gasteiger partial charge in [0, 0.05) is 31.7 Å². The molecule has 1 N–H and O–H groups in total. The first-order chi connectivity index (χ1) is 8.90. The lowest BCUT2D eigenvalue weighted by atomic mass is 10.2. The van der Waals surface area contributed by atoms with Crippen LogP contribution in [0.3, 0.4) is 0 Å². The predicted octanol–water partition coefficient (Wildman–Crippen LogP) is 2.04. The van der Waals surface area contributed by atoms with E-state index in [9.17, 15) is 0 Å². The number of rotatable bonds is 6. The third kappa shape index (κ3) is 3.32. The second kappa shape index (κ2) is 6.40. The second-order valence-corrected chi connectivity index (χ2v) is 3.95. The number of hydrogen-bond donors (Lipinski definition) is 1. The highest BCUT2D eigenvalue weighted by Crippen LogP contribution is 2.09. The number of nitrogens with zero attached hydrogens (tertiary/aromatic N) is 4. The normalized spacial score (nSPS) is 9.94. The first-order valence-electron chi connectivity index (χ1n) is 5.95. The van der Waals surface area contributed by atoms with Gasteiger partial charge in [0.1, 0.15) is 11.9 Å². The van der Waals surface area contributed by atoms with Crippen LogP contribution in [0.5, 0.6) is 0 Å². The zero-order chi connectivity index (χ0) is 12.6. The average molecular weight is 241 g/mol. The minimum Gasteiger partial charge on any atom is -0.369 e. The van der Waals surface area contributed by atoms with Crippen molar-refractivity contribution in [3.63, 3.8) is 0 Å². The molecule has 2 aromatic heterocycles. The van der Waals surface area contributed by atoms with Crippen LogP contribution in [0.4, 0.5) is 5.82 Å². The van der Waals surface area contributed by atoms with Crippen LogP contribution in [0.15, 0.2) is 37.1 Å². The zero-order valence-electron chi connectivity index (χ0n) is 10.1. The van der Waals surface area contributed by atoms with Crippen LogP contribution < -0.4 is 5.32 Å². The first kappa shape index (κ1) is 12.1. The number of aryl methyl sites for hydroxylation is 1. The molecule has 92 valence electrons. The Hall–Kier alpha value is -2.35. The van der Waals surface area contributed by atoms with Crippen LogP contribution in [-0.2, 0) is 6.54 Å². The van der Waals surface area contributed by atoms with Crippen molar-refractivity contribution in [3.8, 4) is 6.07 Å². The largest absolute Gasteiger partial charge is 0.369 e. The van der Waals surface area contributed by atoms with Gasteiger partial charge in [-0.05, 0) is 25.0 Å². The summed E-state index contributed by atoms with van der Waals surface area (Å²) in [6, 6.07) is 5.65. The number of pyridine rings is 1. The molecule has 0 amide bonds. The zero-order valence-corrected chi connectivity index (χ0v) is 10.1. The highest BCUT2D eigenvalue weighted by molar-refractivity contribution is 5.50. The molecule has 0 saturated heterocycles. The molecule has 0 bridgehead atoms. The summed E-state index contributed by atoms with van der Waals surface area (Å²) in [5.74, 6) is 0.669. The summed E-state index contributed by atoms with van der Waals surface area (Å²) in [6.07, 6.45) is 9.34. The average Bonchev–Trinajstić information content (AvgIpc) is 2.92. The van der Waals surface area contributed by atoms with Crippen LogP contribution >= 0.6 is 0 Å². The summed E-state index contributed by atoms with van der Waals surface area (Å²) in [7, 11) is 0. The van der Waals surface area contributed by atoms with Gasteiger partial charge in [0.15, 0.2) is 0 Å². The third-order valence-electron chi connectivity index (χ3n) is 2.62. The Balaban J connectivity index is 1.71. The van der Waals surface area contributed by atoms with Gasteiger partial charge in [0.2, 0.25) is 0 Å². The van der Waals surface area contributed by atoms with Crippen LogP contribution in [0.1, 0.15) is 18.4 Å². The minimum absolute atomic E-state index is 0.590. The Morgan fingerprint density at radius 3 is 3.06 bits per heavy atom. The van der Waals surface area contributed by atoms with E-state index in [4.69, 9.17) is 5.26 Å². The fraction of sp³-hybridized carbons (Fsp3) is 0.308. The summed E-state index contributed by atoms with van der Waals surface area (Å²) in [6.45, 7) is 1.79. The SMILES string of the molecule is N#Cc1cccnc1NCCCCn1ccnc1. The van der Waals surface area contributed by atoms with Crippen molar-refractivity contribution < 1.29 is 0 Å². The molecule has 2 rings (SSSR count). The van der Waals surface area contributed by atoms with Crippen LogP contribution in [0, 0.1) is 11.3 Å². The lowest BCUT2D eigenvalue weighted by Crippen LogP contribution is -2.06. The van der Waals surface area contributed by atoms with Gasteiger partial charge >= 0.3 is 0 Å². The van der Waals surface area contributed by atoms with E-state index in [0.717, 1.165) is 25.9 Å². The van der Waals surface area contributed by atoms with Gasteiger partial charge in [-0.2, -0.15) is 5.26 Å². The van der Waals surface area contributed by atoms with E-state index in [1.807, 2.05) is 12.5 Å². The monoisotopic (exact) mass is 241 g/mol. The lowest BCUT2D eigenvalue weighted by Gasteiger charge is -2.06. The number of imidazole rings is 1. The molecule has 0 aliphatic carbocycles. The smallest absolute Gasteiger partial charge is 0.143 e. The molecule has 0 unspecified atom stereocenters. The van der Waals surface area contributed by atoms with Gasteiger partial charge in [0.25, 0.3) is 0 Å². The van der Waals surface area contributed by atoms with Crippen LogP contribution in [0.25, 0.3) is 0 Å². The summed E-state index contributed by atoms with van der Waals surface area (Å²) >= 11 is 0. The maximum absolute atomic E-state index is 8.91. The van der Waals surface area contributed by atoms with Gasteiger partial charge < -0.3 is 9.88 Å². The molecule has 0 aliphatic rings. The Labute approximate surface area is 106 Å². The molecule has 0 aromatic carbocycles. The summed E-state index contributed by atoms with van der Waals surface area (Å²) in [4.78, 5) is 8.14. The molecule has 18 heavy (non-hydrogen) atoms. The second-order valence-electron chi connectivity index (χ2n) is 3.95. The van der Waals surface area contributed by atoms with E-state index >= 15 is 0 Å². The standard InChI is InChI=1S/C13H15N5/c14-10-12-4-3-6-17-13(12)16-5-1-2-8-18-9-7-15-11-18/h3-4,6-7,9,11H,1-2,5,8H2,(H,16,17). The Morgan fingerprint density at radius 2 is 2.28 bits per heavy atom. The molecule has 0 aliphatic heterocycles. The molecule has 5 nitrogen and oxygen atoms in total. The molecule has 0 spiro atoms. The van der Waals surface area contributed by atoms with Gasteiger partial charge in [-0.3, -0.25) is 0 Å². The number of aromatic nitrogens is 3. The maximum atomic E-state index is 8.91. The Kier molecular flexibility index (Phi) is 4.31. The molecule has 0 radical (unpaired) electrons. The predicted molar refractivity (Wildman–Crippen MR) is 68.9 cm³/mol. The van der Waals surface area contributed by atoms with Crippen molar-refractivity contribution in [3.05, 3.63) is 42.6 Å². The van der Waals surface area contributed by atoms with Crippen LogP contribution in [0.2, 0.25) is 0 Å². The molecular formula is C13H15N5. The van der Waals surface area contributed by atoms with Crippen molar-refractivity contribution in [1.82, 2.24) is 14.5 Å². The molecule has 2 aromatic rings. The molecule has 2 heterocycles. The quantitative estimate of drug-likeness (QED) is 0.786. The van der Waals surface area contributed by atoms with Crippen molar-refractivity contribution >= 4 is 5.82 Å². The van der Waals surface area contributed by atoms with Gasteiger partial charge in [-0.1, -0.05) is 0 Å². The van der Waals surface area contributed by atoms with Crippen molar-refractivity contribution in [2.75, 3.05) is 11.9 Å². The molecular weight excluding hydrogens is 226 g/mol. The highest BCUT2D eigenvalue weighted by atomic mass is 15.0. The topological polar surface area (TPSA) is 66.5 Å². The molecule has 0 atom stereocenters. The van der Waals surface area contributed by atoms with E-state index in [-0.39, 0.29) is 0 Å². The van der Waals surface area contributed by atoms with E-state index in [1.54, 1.807) is 24.5 Å². The van der Waals surface area contributed by atoms with Gasteiger partial charge in [-0.25, -0.2) is 9.97 Å². The Morgan fingerprint density at radius 1 is 1.33 bits per heavy atom. The van der Waals surface area contributed by atoms with E-state index in [0.29, 0.717) is 11.4 Å². The lowest BCUT2D eigenvalue weighted by molar-refractivity contribution is 0.620. The molecule has 0 fully saturated rings. The van der Waals surface area contributed by atoms with Gasteiger partial charge in [-0.15, -0.1) is 0 Å². The number of anilines is 1. The maximum Gasteiger partial charge on any atom is 0.143 e. The van der Waals surface area contributed by atoms with Crippen molar-refractivity contribution in [1.29, 1.82) is 5.26 Å². The first-order valence-corrected chi connectivity index (χ1v) is 5.95. The van der Waals surface area contributed by atoms with Gasteiger partial charge in [0.05, 0.1) is 11.9 Å². The number of nitrogens with one attached hydrogen (secondary N) is 1. The molecule has 5 heteroatoms. The van der Waals surface area contributed by atoms with E-state index in [2.05, 4.69) is 25.9 Å². The highest BCUT2D eigenvalue weighted by Gasteiger charge is 2.00. The fourth-order valence-electron chi connectivity index (χ4n) is 1.68. The summed E-state index contributed by atoms with van der Waals surface area (Å²) in [5, 5.41) is 12.1. The number of unbranched alkanes of at least 4 members (excludes halogenated alkanes) is 1. The fourth-order valence-corrected chi connectivity index (χ4v) is 1.68. The molecule has 0 saturated carbocycles. The number of hydrogen-bond acceptors (Lipinski definition) is 4. The van der Waals surface area contributed by atoms with E-state index < -0.39 is 0 Å². The van der Waals surface area contributed by atoms with Crippen molar-refractivity contribution in [2.45, 2.75) is 19.4 Å². The van der Waals surface area contributed by atoms with Crippen molar-refractivity contribution in [2.24, 2.45) is 0 Å². The van der Waals surface area contributed by atoms with Crippen LogP contribution in [-0.4, -0.2) is 21.1 Å². The summed E-state index contributed by atoms with van der Waals surface area (Å²) in [5.41, 5.74) is 0.590. The minimum atomic E-state index is 0.590. The van der Waals surface area contributed by atoms with E-state index in [1.165, 1.54) is 0 Å². The third-order valence-corrected chi connectivity index (χ3v) is 2.62. The Bertz CT molecular complexity index is 512.